The highest BCUT2D eigenvalue weighted by molar-refractivity contribution is 5.94. The molecule has 0 spiro atoms. The predicted octanol–water partition coefficient (Wildman–Crippen LogP) is 0.555. The van der Waals surface area contributed by atoms with Crippen LogP contribution in [0, 0.1) is 13.8 Å². The third-order valence-corrected chi connectivity index (χ3v) is 2.37. The van der Waals surface area contributed by atoms with E-state index in [1.807, 2.05) is 19.1 Å². The predicted molar refractivity (Wildman–Crippen MR) is 56.3 cm³/mol. The number of carbonyl (C=O) groups excluding carboxylic acids is 1. The molecule has 0 unspecified atom stereocenters. The fraction of sp³-hybridized carbons (Fsp3) is 0.200. The molecule has 78 valence electrons. The minimum atomic E-state index is -0.328. The van der Waals surface area contributed by atoms with Crippen LogP contribution in [0.3, 0.4) is 0 Å². The van der Waals surface area contributed by atoms with Gasteiger partial charge in [-0.15, -0.1) is 0 Å². The van der Waals surface area contributed by atoms with Gasteiger partial charge in [-0.1, -0.05) is 6.07 Å². The summed E-state index contributed by atoms with van der Waals surface area (Å²) in [6.07, 6.45) is 1.80. The van der Waals surface area contributed by atoms with Gasteiger partial charge in [-0.05, 0) is 25.5 Å². The average Bonchev–Trinajstić information content (AvgIpc) is 2.55. The monoisotopic (exact) mass is 204 g/mol. The van der Waals surface area contributed by atoms with Gasteiger partial charge in [0.25, 0.3) is 5.91 Å². The van der Waals surface area contributed by atoms with Gasteiger partial charge in [0, 0.05) is 6.20 Å². The van der Waals surface area contributed by atoms with Crippen molar-refractivity contribution in [2.45, 2.75) is 13.8 Å². The lowest BCUT2D eigenvalue weighted by molar-refractivity contribution is 0.0947. The Bertz CT molecular complexity index is 529. The summed E-state index contributed by atoms with van der Waals surface area (Å²) in [4.78, 5) is 15.9. The third-order valence-electron chi connectivity index (χ3n) is 2.37. The fourth-order valence-corrected chi connectivity index (χ4v) is 1.66. The van der Waals surface area contributed by atoms with Gasteiger partial charge in [-0.2, -0.15) is 0 Å². The SMILES string of the molecule is Cc1nc2c(C)cccn2c1C(=O)NN. The second-order valence-electron chi connectivity index (χ2n) is 3.40. The minimum absolute atomic E-state index is 0.328. The van der Waals surface area contributed by atoms with E-state index >= 15 is 0 Å². The number of aryl methyl sites for hydroxylation is 2. The largest absolute Gasteiger partial charge is 0.295 e. The highest BCUT2D eigenvalue weighted by Gasteiger charge is 2.15. The summed E-state index contributed by atoms with van der Waals surface area (Å²) < 4.78 is 1.74. The molecular formula is C10H12N4O. The van der Waals surface area contributed by atoms with E-state index < -0.39 is 0 Å². The number of amides is 1. The van der Waals surface area contributed by atoms with Crippen LogP contribution in [0.15, 0.2) is 18.3 Å². The van der Waals surface area contributed by atoms with E-state index in [-0.39, 0.29) is 5.91 Å². The van der Waals surface area contributed by atoms with E-state index in [2.05, 4.69) is 10.4 Å². The standard InChI is InChI=1S/C10H12N4O/c1-6-4-3-5-14-8(10(15)13-11)7(2)12-9(6)14/h3-5H,11H2,1-2H3,(H,13,15). The van der Waals surface area contributed by atoms with Crippen LogP contribution < -0.4 is 11.3 Å². The normalized spacial score (nSPS) is 10.6. The molecule has 0 aliphatic heterocycles. The summed E-state index contributed by atoms with van der Waals surface area (Å²) in [5.74, 6) is 4.79. The van der Waals surface area contributed by atoms with Crippen LogP contribution in [-0.4, -0.2) is 15.3 Å². The number of hydrogen-bond acceptors (Lipinski definition) is 3. The number of carbonyl (C=O) groups is 1. The summed E-state index contributed by atoms with van der Waals surface area (Å²) in [6.45, 7) is 3.74. The molecule has 0 fully saturated rings. The molecule has 0 radical (unpaired) electrons. The first-order chi connectivity index (χ1) is 7.15. The van der Waals surface area contributed by atoms with E-state index in [0.717, 1.165) is 11.2 Å². The summed E-state index contributed by atoms with van der Waals surface area (Å²) in [7, 11) is 0. The molecule has 0 bridgehead atoms. The lowest BCUT2D eigenvalue weighted by atomic mass is 10.3. The third kappa shape index (κ3) is 1.37. The maximum Gasteiger partial charge on any atom is 0.284 e. The first-order valence-corrected chi connectivity index (χ1v) is 4.60. The summed E-state index contributed by atoms with van der Waals surface area (Å²) in [6, 6.07) is 3.82. The molecule has 2 heterocycles. The number of pyridine rings is 1. The van der Waals surface area contributed by atoms with Gasteiger partial charge in [0.2, 0.25) is 0 Å². The van der Waals surface area contributed by atoms with Crippen molar-refractivity contribution in [3.05, 3.63) is 35.3 Å². The maximum atomic E-state index is 11.5. The average molecular weight is 204 g/mol. The van der Waals surface area contributed by atoms with Crippen LogP contribution in [-0.2, 0) is 0 Å². The van der Waals surface area contributed by atoms with Crippen molar-refractivity contribution in [1.29, 1.82) is 0 Å². The molecule has 3 N–H and O–H groups in total. The second kappa shape index (κ2) is 3.36. The lowest BCUT2D eigenvalue weighted by Gasteiger charge is -2.01. The van der Waals surface area contributed by atoms with Crippen LogP contribution >= 0.6 is 0 Å². The molecule has 5 nitrogen and oxygen atoms in total. The number of nitrogens with two attached hydrogens (primary N) is 1. The van der Waals surface area contributed by atoms with Crippen LogP contribution in [0.5, 0.6) is 0 Å². The molecule has 0 aliphatic carbocycles. The molecule has 2 aromatic heterocycles. The van der Waals surface area contributed by atoms with Crippen molar-refractivity contribution in [3.8, 4) is 0 Å². The Morgan fingerprint density at radius 3 is 2.93 bits per heavy atom. The highest BCUT2D eigenvalue weighted by atomic mass is 16.2. The van der Waals surface area contributed by atoms with E-state index in [9.17, 15) is 4.79 Å². The summed E-state index contributed by atoms with van der Waals surface area (Å²) >= 11 is 0. The quantitative estimate of drug-likeness (QED) is 0.405. The van der Waals surface area contributed by atoms with Gasteiger partial charge in [-0.25, -0.2) is 10.8 Å². The number of hydrazine groups is 1. The van der Waals surface area contributed by atoms with Crippen molar-refractivity contribution in [3.63, 3.8) is 0 Å². The molecule has 0 saturated carbocycles. The second-order valence-corrected chi connectivity index (χ2v) is 3.40. The van der Waals surface area contributed by atoms with Gasteiger partial charge in [0.15, 0.2) is 0 Å². The van der Waals surface area contributed by atoms with E-state index in [4.69, 9.17) is 5.84 Å². The van der Waals surface area contributed by atoms with Gasteiger partial charge in [0.05, 0.1) is 5.69 Å². The Labute approximate surface area is 86.9 Å². The number of nitrogens with zero attached hydrogens (tertiary/aromatic N) is 2. The molecule has 0 saturated heterocycles. The van der Waals surface area contributed by atoms with Gasteiger partial charge in [0.1, 0.15) is 11.3 Å². The van der Waals surface area contributed by atoms with Crippen molar-refractivity contribution in [1.82, 2.24) is 14.8 Å². The van der Waals surface area contributed by atoms with Gasteiger partial charge < -0.3 is 0 Å². The number of nitrogens with one attached hydrogen (secondary N) is 1. The molecule has 0 atom stereocenters. The van der Waals surface area contributed by atoms with Crippen molar-refractivity contribution < 1.29 is 4.79 Å². The summed E-state index contributed by atoms with van der Waals surface area (Å²) in [5.41, 5.74) is 5.09. The van der Waals surface area contributed by atoms with Crippen molar-refractivity contribution in [2.75, 3.05) is 0 Å². The first-order valence-electron chi connectivity index (χ1n) is 4.60. The molecule has 1 amide bonds. The smallest absolute Gasteiger partial charge is 0.284 e. The number of imidazole rings is 1. The number of hydrogen-bond donors (Lipinski definition) is 2. The summed E-state index contributed by atoms with van der Waals surface area (Å²) in [5, 5.41) is 0. The van der Waals surface area contributed by atoms with Gasteiger partial charge >= 0.3 is 0 Å². The minimum Gasteiger partial charge on any atom is -0.295 e. The van der Waals surface area contributed by atoms with E-state index in [0.29, 0.717) is 11.4 Å². The van der Waals surface area contributed by atoms with Crippen LogP contribution in [0.1, 0.15) is 21.7 Å². The molecule has 0 aromatic carbocycles. The zero-order valence-electron chi connectivity index (χ0n) is 8.61. The Kier molecular flexibility index (Phi) is 2.17. The van der Waals surface area contributed by atoms with E-state index in [1.165, 1.54) is 0 Å². The fourth-order valence-electron chi connectivity index (χ4n) is 1.66. The number of aromatic nitrogens is 2. The van der Waals surface area contributed by atoms with Crippen molar-refractivity contribution >= 4 is 11.6 Å². The zero-order chi connectivity index (χ0) is 11.0. The van der Waals surface area contributed by atoms with E-state index in [1.54, 1.807) is 17.5 Å². The van der Waals surface area contributed by atoms with Crippen molar-refractivity contribution in [2.24, 2.45) is 5.84 Å². The lowest BCUT2D eigenvalue weighted by Crippen LogP contribution is -2.31. The number of fused-ring (bicyclic) bond motifs is 1. The number of nitrogen functional groups attached to an aromatic ring is 1. The molecule has 2 aromatic rings. The van der Waals surface area contributed by atoms with Gasteiger partial charge in [-0.3, -0.25) is 14.6 Å². The highest BCUT2D eigenvalue weighted by Crippen LogP contribution is 2.14. The van der Waals surface area contributed by atoms with Crippen LogP contribution in [0.25, 0.3) is 5.65 Å². The molecule has 2 rings (SSSR count). The molecule has 15 heavy (non-hydrogen) atoms. The topological polar surface area (TPSA) is 72.4 Å². The van der Waals surface area contributed by atoms with Crippen LogP contribution in [0.2, 0.25) is 0 Å². The molecule has 5 heteroatoms. The maximum absolute atomic E-state index is 11.5. The zero-order valence-corrected chi connectivity index (χ0v) is 8.61. The Balaban J connectivity index is 2.79. The van der Waals surface area contributed by atoms with Crippen LogP contribution in [0.4, 0.5) is 0 Å². The Hall–Kier alpha value is -1.88. The Morgan fingerprint density at radius 1 is 1.53 bits per heavy atom. The molecule has 0 aliphatic rings. The molecular weight excluding hydrogens is 192 g/mol. The Morgan fingerprint density at radius 2 is 2.27 bits per heavy atom. The number of rotatable bonds is 1. The first kappa shape index (κ1) is 9.67.